The van der Waals surface area contributed by atoms with Crippen molar-refractivity contribution in [3.05, 3.63) is 90.8 Å². The fourth-order valence-electron chi connectivity index (χ4n) is 4.55. The molecule has 0 unspecified atom stereocenters. The molecular weight excluding hydrogens is 585 g/mol. The first-order chi connectivity index (χ1) is 18.0. The monoisotopic (exact) mass is 604 g/mol. The third-order valence-electron chi connectivity index (χ3n) is 6.52. The highest BCUT2D eigenvalue weighted by Gasteiger charge is 2.35. The minimum Gasteiger partial charge on any atom is -0.333 e. The molecule has 0 saturated heterocycles. The Kier molecular flexibility index (Phi) is 6.59. The summed E-state index contributed by atoms with van der Waals surface area (Å²) >= 11 is 8.39. The van der Waals surface area contributed by atoms with E-state index in [1.54, 1.807) is 30.0 Å². The maximum atomic E-state index is 13.5. The van der Waals surface area contributed by atoms with Gasteiger partial charge in [0.15, 0.2) is 10.6 Å². The van der Waals surface area contributed by atoms with Gasteiger partial charge in [-0.1, -0.05) is 15.9 Å². The number of benzene rings is 2. The van der Waals surface area contributed by atoms with Crippen molar-refractivity contribution in [2.45, 2.75) is 32.1 Å². The van der Waals surface area contributed by atoms with Gasteiger partial charge >= 0.3 is 6.18 Å². The third-order valence-corrected chi connectivity index (χ3v) is 7.50. The van der Waals surface area contributed by atoms with Crippen LogP contribution in [0.25, 0.3) is 17.1 Å². The van der Waals surface area contributed by atoms with Gasteiger partial charge in [-0.25, -0.2) is 0 Å². The zero-order chi connectivity index (χ0) is 27.4. The van der Waals surface area contributed by atoms with E-state index in [1.807, 2.05) is 19.2 Å². The van der Waals surface area contributed by atoms with Crippen molar-refractivity contribution in [3.63, 3.8) is 0 Å². The zero-order valence-electron chi connectivity index (χ0n) is 20.1. The molecule has 1 atom stereocenters. The van der Waals surface area contributed by atoms with Crippen molar-refractivity contribution >= 4 is 34.1 Å². The number of fused-ring (bicyclic) bond motifs is 1. The Labute approximate surface area is 227 Å². The lowest BCUT2D eigenvalue weighted by atomic mass is 9.98. The molecule has 2 aromatic carbocycles. The molecule has 2 aromatic heterocycles. The maximum Gasteiger partial charge on any atom is 0.417 e. The van der Waals surface area contributed by atoms with Gasteiger partial charge in [0.05, 0.1) is 17.8 Å². The number of hydrogen-bond donors (Lipinski definition) is 1. The average molecular weight is 605 g/mol. The van der Waals surface area contributed by atoms with Crippen LogP contribution in [0.5, 0.6) is 0 Å². The molecule has 1 N–H and O–H groups in total. The van der Waals surface area contributed by atoms with Gasteiger partial charge in [0.1, 0.15) is 6.33 Å². The van der Waals surface area contributed by atoms with E-state index in [0.29, 0.717) is 22.8 Å². The number of aryl methyl sites for hydroxylation is 1. The van der Waals surface area contributed by atoms with Gasteiger partial charge in [-0.15, -0.1) is 10.2 Å². The Bertz CT molecular complexity index is 1680. The average Bonchev–Trinajstić information content (AvgIpc) is 3.29. The van der Waals surface area contributed by atoms with Crippen LogP contribution in [0, 0.1) is 4.77 Å². The van der Waals surface area contributed by atoms with Gasteiger partial charge in [-0.2, -0.15) is 13.2 Å². The summed E-state index contributed by atoms with van der Waals surface area (Å²) < 4.78 is 43.3. The maximum absolute atomic E-state index is 13.5. The van der Waals surface area contributed by atoms with Crippen LogP contribution in [0.3, 0.4) is 0 Å². The molecule has 0 radical (unpaired) electrons. The molecule has 196 valence electrons. The van der Waals surface area contributed by atoms with Crippen molar-refractivity contribution in [1.29, 1.82) is 0 Å². The SMILES string of the molecule is C[C@@H]1Cc2c([nH]c(=S)n(-c3ccc(-c4nncn4C)cc3)c2=O)CN1C(=O)c1ccc(Br)c(C(F)(F)F)c1. The minimum absolute atomic E-state index is 0.0115. The topological polar surface area (TPSA) is 88.8 Å². The first-order valence-electron chi connectivity index (χ1n) is 11.5. The lowest BCUT2D eigenvalue weighted by Crippen LogP contribution is -2.45. The van der Waals surface area contributed by atoms with Crippen LogP contribution in [0.2, 0.25) is 0 Å². The molecule has 38 heavy (non-hydrogen) atoms. The van der Waals surface area contributed by atoms with Gasteiger partial charge < -0.3 is 14.5 Å². The van der Waals surface area contributed by atoms with Gasteiger partial charge in [0.2, 0.25) is 0 Å². The molecule has 8 nitrogen and oxygen atoms in total. The normalized spacial score (nSPS) is 15.4. The van der Waals surface area contributed by atoms with Crippen molar-refractivity contribution in [2.75, 3.05) is 0 Å². The third kappa shape index (κ3) is 4.60. The second-order valence-corrected chi connectivity index (χ2v) is 10.3. The molecule has 5 rings (SSSR count). The minimum atomic E-state index is -4.61. The number of aromatic nitrogens is 5. The molecule has 4 aromatic rings. The number of rotatable bonds is 3. The van der Waals surface area contributed by atoms with E-state index in [2.05, 4.69) is 31.1 Å². The largest absolute Gasteiger partial charge is 0.417 e. The van der Waals surface area contributed by atoms with E-state index in [1.165, 1.54) is 21.6 Å². The first-order valence-corrected chi connectivity index (χ1v) is 12.7. The number of nitrogens with zero attached hydrogens (tertiary/aromatic N) is 5. The van der Waals surface area contributed by atoms with Crippen molar-refractivity contribution in [3.8, 4) is 17.1 Å². The number of amides is 1. The summed E-state index contributed by atoms with van der Waals surface area (Å²) in [7, 11) is 1.83. The van der Waals surface area contributed by atoms with E-state index in [0.717, 1.165) is 11.6 Å². The smallest absolute Gasteiger partial charge is 0.333 e. The summed E-state index contributed by atoms with van der Waals surface area (Å²) in [6.07, 6.45) is -2.81. The number of carbonyl (C=O) groups excluding carboxylic acids is 1. The van der Waals surface area contributed by atoms with E-state index < -0.39 is 23.7 Å². The highest BCUT2D eigenvalue weighted by Crippen LogP contribution is 2.36. The lowest BCUT2D eigenvalue weighted by molar-refractivity contribution is -0.138. The molecule has 1 aliphatic rings. The van der Waals surface area contributed by atoms with Crippen LogP contribution in [0.15, 0.2) is 58.1 Å². The molecular formula is C25H20BrF3N6O2S. The number of halogens is 4. The number of alkyl halides is 3. The molecule has 0 fully saturated rings. The van der Waals surface area contributed by atoms with Crippen molar-refractivity contribution in [1.82, 2.24) is 29.2 Å². The Morgan fingerprint density at radius 2 is 1.89 bits per heavy atom. The fourth-order valence-corrected chi connectivity index (χ4v) is 5.33. The second-order valence-electron chi connectivity index (χ2n) is 9.02. The number of aromatic amines is 1. The highest BCUT2D eigenvalue weighted by molar-refractivity contribution is 9.10. The summed E-state index contributed by atoms with van der Waals surface area (Å²) in [5.74, 6) is 0.107. The quantitative estimate of drug-likeness (QED) is 0.330. The van der Waals surface area contributed by atoms with Gasteiger partial charge in [-0.3, -0.25) is 14.2 Å². The standard InChI is InChI=1S/C25H20BrF3N6O2S/c1-13-9-17-20(11-34(13)22(36)15-5-8-19(26)18(10-15)25(27,28)29)31-24(38)35(23(17)37)16-6-3-14(4-7-16)21-32-30-12-33(21)2/h3-8,10,12-13H,9,11H2,1-2H3,(H,31,38)/t13-/m1/s1. The predicted molar refractivity (Wildman–Crippen MR) is 139 cm³/mol. The Morgan fingerprint density at radius 3 is 2.53 bits per heavy atom. The predicted octanol–water partition coefficient (Wildman–Crippen LogP) is 5.06. The van der Waals surface area contributed by atoms with Crippen LogP contribution in [-0.4, -0.2) is 41.2 Å². The Hall–Kier alpha value is -3.58. The molecule has 3 heterocycles. The molecule has 0 spiro atoms. The number of H-pyrrole nitrogens is 1. The van der Waals surface area contributed by atoms with Gasteiger partial charge in [0.25, 0.3) is 11.5 Å². The van der Waals surface area contributed by atoms with Crippen LogP contribution in [-0.2, 0) is 26.2 Å². The molecule has 0 aliphatic carbocycles. The summed E-state index contributed by atoms with van der Waals surface area (Å²) in [5, 5.41) is 7.96. The highest BCUT2D eigenvalue weighted by atomic mass is 79.9. The summed E-state index contributed by atoms with van der Waals surface area (Å²) in [6, 6.07) is 10.1. The molecule has 1 amide bonds. The molecule has 0 saturated carbocycles. The Balaban J connectivity index is 1.47. The van der Waals surface area contributed by atoms with Crippen molar-refractivity contribution in [2.24, 2.45) is 7.05 Å². The number of nitrogens with one attached hydrogen (secondary N) is 1. The van der Waals surface area contributed by atoms with Crippen LogP contribution < -0.4 is 5.56 Å². The van der Waals surface area contributed by atoms with Crippen molar-refractivity contribution < 1.29 is 18.0 Å². The van der Waals surface area contributed by atoms with Crippen LogP contribution >= 0.6 is 28.1 Å². The number of hydrogen-bond acceptors (Lipinski definition) is 5. The summed E-state index contributed by atoms with van der Waals surface area (Å²) in [4.78, 5) is 31.2. The van der Waals surface area contributed by atoms with Gasteiger partial charge in [0, 0.05) is 39.9 Å². The fraction of sp³-hybridized carbons (Fsp3) is 0.240. The number of carbonyl (C=O) groups is 1. The first kappa shape index (κ1) is 26.0. The molecule has 1 aliphatic heterocycles. The van der Waals surface area contributed by atoms with E-state index in [4.69, 9.17) is 12.2 Å². The zero-order valence-corrected chi connectivity index (χ0v) is 22.5. The molecule has 0 bridgehead atoms. The molecule has 13 heteroatoms. The van der Waals surface area contributed by atoms with E-state index in [-0.39, 0.29) is 33.3 Å². The lowest BCUT2D eigenvalue weighted by Gasteiger charge is -2.34. The summed E-state index contributed by atoms with van der Waals surface area (Å²) in [5.41, 5.74) is 0.986. The van der Waals surface area contributed by atoms with E-state index in [9.17, 15) is 22.8 Å². The second kappa shape index (κ2) is 9.62. The summed E-state index contributed by atoms with van der Waals surface area (Å²) in [6.45, 7) is 1.77. The van der Waals surface area contributed by atoms with Gasteiger partial charge in [-0.05, 0) is 68.0 Å². The van der Waals surface area contributed by atoms with Crippen LogP contribution in [0.1, 0.15) is 34.1 Å². The van der Waals surface area contributed by atoms with Crippen LogP contribution in [0.4, 0.5) is 13.2 Å². The Morgan fingerprint density at radius 1 is 1.18 bits per heavy atom. The van der Waals surface area contributed by atoms with E-state index >= 15 is 0 Å².